The van der Waals surface area contributed by atoms with E-state index in [4.69, 9.17) is 10.00 Å². The molecule has 0 spiro atoms. The number of nitriles is 1. The molecule has 0 atom stereocenters. The fraction of sp³-hybridized carbons (Fsp3) is 0.240. The Balaban J connectivity index is 1.43. The van der Waals surface area contributed by atoms with E-state index in [-0.39, 0.29) is 12.5 Å². The molecule has 1 fully saturated rings. The molecule has 1 aromatic heterocycles. The van der Waals surface area contributed by atoms with Crippen molar-refractivity contribution in [2.45, 2.75) is 6.42 Å². The lowest BCUT2D eigenvalue weighted by Gasteiger charge is -2.28. The fourth-order valence-electron chi connectivity index (χ4n) is 3.65. The van der Waals surface area contributed by atoms with E-state index >= 15 is 0 Å². The number of carbonyl (C=O) groups excluding carboxylic acids is 1. The quantitative estimate of drug-likeness (QED) is 0.628. The second kappa shape index (κ2) is 9.88. The Hall–Kier alpha value is -3.69. The summed E-state index contributed by atoms with van der Waals surface area (Å²) in [5.74, 6) is -0.246. The number of benzene rings is 2. The highest BCUT2D eigenvalue weighted by atomic mass is 16.5. The minimum atomic E-state index is -0.246. The lowest BCUT2D eigenvalue weighted by molar-refractivity contribution is 0.0958. The number of ether oxygens (including phenoxy) is 1. The Kier molecular flexibility index (Phi) is 6.56. The van der Waals surface area contributed by atoms with Gasteiger partial charge in [-0.25, -0.2) is 0 Å². The van der Waals surface area contributed by atoms with Gasteiger partial charge < -0.3 is 15.0 Å². The van der Waals surface area contributed by atoms with Gasteiger partial charge in [0, 0.05) is 42.7 Å². The maximum Gasteiger partial charge on any atom is 0.252 e. The summed E-state index contributed by atoms with van der Waals surface area (Å²) in [5.41, 5.74) is 6.04. The summed E-state index contributed by atoms with van der Waals surface area (Å²) in [6.45, 7) is 3.43. The molecule has 1 saturated heterocycles. The second-order valence-corrected chi connectivity index (χ2v) is 7.40. The number of rotatable bonds is 6. The Morgan fingerprint density at radius 2 is 1.77 bits per heavy atom. The van der Waals surface area contributed by atoms with Crippen LogP contribution in [-0.4, -0.2) is 43.7 Å². The Morgan fingerprint density at radius 1 is 1.03 bits per heavy atom. The van der Waals surface area contributed by atoms with Crippen LogP contribution in [0.2, 0.25) is 0 Å². The smallest absolute Gasteiger partial charge is 0.252 e. The van der Waals surface area contributed by atoms with Crippen molar-refractivity contribution >= 4 is 11.6 Å². The zero-order chi connectivity index (χ0) is 21.5. The summed E-state index contributed by atoms with van der Waals surface area (Å²) in [6, 6.07) is 22.0. The Bertz CT molecular complexity index is 1070. The van der Waals surface area contributed by atoms with Crippen LogP contribution in [0.3, 0.4) is 0 Å². The van der Waals surface area contributed by atoms with Crippen molar-refractivity contribution in [1.29, 1.82) is 5.26 Å². The molecule has 4 rings (SSSR count). The molecule has 0 bridgehead atoms. The van der Waals surface area contributed by atoms with Crippen LogP contribution in [-0.2, 0) is 11.2 Å². The molecule has 31 heavy (non-hydrogen) atoms. The van der Waals surface area contributed by atoms with Crippen LogP contribution < -0.4 is 10.2 Å². The number of aromatic nitrogens is 1. The standard InChI is InChI=1S/C25H24N4O2/c26-10-12-28-25(30)21-5-3-20(4-6-21)22-9-11-27-23(18-22)17-19-1-7-24(8-2-19)29-13-15-31-16-14-29/h1-9,11,18H,12-17H2,(H,28,30). The van der Waals surface area contributed by atoms with E-state index in [1.165, 1.54) is 11.3 Å². The summed E-state index contributed by atoms with van der Waals surface area (Å²) in [6.07, 6.45) is 2.58. The normalized spacial score (nSPS) is 13.5. The number of carbonyl (C=O) groups is 1. The van der Waals surface area contributed by atoms with Gasteiger partial charge in [-0.15, -0.1) is 0 Å². The van der Waals surface area contributed by atoms with Crippen LogP contribution in [0.4, 0.5) is 5.69 Å². The SMILES string of the molecule is N#CCNC(=O)c1ccc(-c2ccnc(Cc3ccc(N4CCOCC4)cc3)c2)cc1. The first kappa shape index (κ1) is 20.6. The summed E-state index contributed by atoms with van der Waals surface area (Å²) in [4.78, 5) is 18.8. The van der Waals surface area contributed by atoms with Crippen molar-refractivity contribution in [1.82, 2.24) is 10.3 Å². The lowest BCUT2D eigenvalue weighted by Crippen LogP contribution is -2.36. The van der Waals surface area contributed by atoms with Gasteiger partial charge in [0.15, 0.2) is 0 Å². The van der Waals surface area contributed by atoms with E-state index in [1.807, 2.05) is 30.5 Å². The van der Waals surface area contributed by atoms with Crippen molar-refractivity contribution in [2.75, 3.05) is 37.7 Å². The summed E-state index contributed by atoms with van der Waals surface area (Å²) in [5, 5.41) is 11.1. The van der Waals surface area contributed by atoms with Crippen LogP contribution >= 0.6 is 0 Å². The van der Waals surface area contributed by atoms with Crippen LogP contribution in [0.15, 0.2) is 66.9 Å². The molecule has 2 heterocycles. The number of nitrogens with zero attached hydrogens (tertiary/aromatic N) is 3. The number of hydrogen-bond acceptors (Lipinski definition) is 5. The third-order valence-electron chi connectivity index (χ3n) is 5.32. The van der Waals surface area contributed by atoms with Crippen molar-refractivity contribution in [3.8, 4) is 17.2 Å². The summed E-state index contributed by atoms with van der Waals surface area (Å²) >= 11 is 0. The lowest BCUT2D eigenvalue weighted by atomic mass is 10.0. The first-order chi connectivity index (χ1) is 15.2. The molecule has 3 aromatic rings. The van der Waals surface area contributed by atoms with Gasteiger partial charge in [0.1, 0.15) is 6.54 Å². The largest absolute Gasteiger partial charge is 0.378 e. The molecule has 1 amide bonds. The highest BCUT2D eigenvalue weighted by Crippen LogP contribution is 2.22. The predicted molar refractivity (Wildman–Crippen MR) is 120 cm³/mol. The number of amides is 1. The minimum absolute atomic E-state index is 0.00171. The van der Waals surface area contributed by atoms with Crippen LogP contribution in [0.25, 0.3) is 11.1 Å². The Labute approximate surface area is 182 Å². The van der Waals surface area contributed by atoms with Gasteiger partial charge in [-0.2, -0.15) is 5.26 Å². The predicted octanol–water partition coefficient (Wildman–Crippen LogP) is 3.43. The Morgan fingerprint density at radius 3 is 2.48 bits per heavy atom. The van der Waals surface area contributed by atoms with Gasteiger partial charge in [-0.3, -0.25) is 9.78 Å². The molecule has 156 valence electrons. The summed E-state index contributed by atoms with van der Waals surface area (Å²) in [7, 11) is 0. The van der Waals surface area contributed by atoms with Gasteiger partial charge in [0.05, 0.1) is 19.3 Å². The van der Waals surface area contributed by atoms with E-state index in [9.17, 15) is 4.79 Å². The molecule has 1 N–H and O–H groups in total. The molecule has 0 aliphatic carbocycles. The molecule has 6 heteroatoms. The molecular weight excluding hydrogens is 388 g/mol. The number of anilines is 1. The molecule has 2 aromatic carbocycles. The number of pyridine rings is 1. The molecule has 1 aliphatic rings. The molecule has 0 radical (unpaired) electrons. The van der Waals surface area contributed by atoms with E-state index in [0.29, 0.717) is 5.56 Å². The van der Waals surface area contributed by atoms with E-state index in [1.54, 1.807) is 12.1 Å². The maximum atomic E-state index is 12.0. The maximum absolute atomic E-state index is 12.0. The first-order valence-corrected chi connectivity index (χ1v) is 10.3. The summed E-state index contributed by atoms with van der Waals surface area (Å²) < 4.78 is 5.42. The highest BCUT2D eigenvalue weighted by molar-refractivity contribution is 5.94. The van der Waals surface area contributed by atoms with Crippen molar-refractivity contribution in [3.63, 3.8) is 0 Å². The monoisotopic (exact) mass is 412 g/mol. The molecule has 0 unspecified atom stereocenters. The second-order valence-electron chi connectivity index (χ2n) is 7.40. The van der Waals surface area contributed by atoms with Gasteiger partial charge in [-0.05, 0) is 53.1 Å². The van der Waals surface area contributed by atoms with Crippen molar-refractivity contribution < 1.29 is 9.53 Å². The number of hydrogen-bond donors (Lipinski definition) is 1. The van der Waals surface area contributed by atoms with E-state index in [2.05, 4.69) is 45.5 Å². The zero-order valence-electron chi connectivity index (χ0n) is 17.3. The van der Waals surface area contributed by atoms with Gasteiger partial charge in [-0.1, -0.05) is 24.3 Å². The fourth-order valence-corrected chi connectivity index (χ4v) is 3.65. The zero-order valence-corrected chi connectivity index (χ0v) is 17.3. The number of nitrogens with one attached hydrogen (secondary N) is 1. The molecule has 0 saturated carbocycles. The van der Waals surface area contributed by atoms with E-state index in [0.717, 1.165) is 49.5 Å². The third-order valence-corrected chi connectivity index (χ3v) is 5.32. The first-order valence-electron chi connectivity index (χ1n) is 10.3. The van der Waals surface area contributed by atoms with Crippen LogP contribution in [0.5, 0.6) is 0 Å². The van der Waals surface area contributed by atoms with Gasteiger partial charge in [0.25, 0.3) is 5.91 Å². The average Bonchev–Trinajstić information content (AvgIpc) is 2.84. The van der Waals surface area contributed by atoms with Crippen LogP contribution in [0, 0.1) is 11.3 Å². The van der Waals surface area contributed by atoms with E-state index < -0.39 is 0 Å². The number of morpholine rings is 1. The molecular formula is C25H24N4O2. The van der Waals surface area contributed by atoms with Crippen molar-refractivity contribution in [3.05, 3.63) is 83.7 Å². The highest BCUT2D eigenvalue weighted by Gasteiger charge is 2.11. The third kappa shape index (κ3) is 5.27. The average molecular weight is 412 g/mol. The molecule has 1 aliphatic heterocycles. The minimum Gasteiger partial charge on any atom is -0.378 e. The van der Waals surface area contributed by atoms with Crippen LogP contribution in [0.1, 0.15) is 21.6 Å². The van der Waals surface area contributed by atoms with Gasteiger partial charge in [0.2, 0.25) is 0 Å². The van der Waals surface area contributed by atoms with Gasteiger partial charge >= 0.3 is 0 Å². The molecule has 6 nitrogen and oxygen atoms in total. The van der Waals surface area contributed by atoms with Crippen molar-refractivity contribution in [2.24, 2.45) is 0 Å². The topological polar surface area (TPSA) is 78.2 Å².